The smallest absolute Gasteiger partial charge is 0.223 e. The van der Waals surface area contributed by atoms with Crippen LogP contribution in [0.2, 0.25) is 5.15 Å². The first-order valence-electron chi connectivity index (χ1n) is 5.57. The molecule has 0 aliphatic heterocycles. The van der Waals surface area contributed by atoms with Crippen molar-refractivity contribution in [3.63, 3.8) is 0 Å². The molecule has 0 aliphatic carbocycles. The topological polar surface area (TPSA) is 50.8 Å². The molecule has 96 valence electrons. The maximum Gasteiger partial charge on any atom is 0.223 e. The zero-order valence-electron chi connectivity index (χ0n) is 9.95. The van der Waals surface area contributed by atoms with Crippen molar-refractivity contribution in [1.29, 1.82) is 0 Å². The summed E-state index contributed by atoms with van der Waals surface area (Å²) < 4.78 is 19.6. The van der Waals surface area contributed by atoms with Gasteiger partial charge in [-0.05, 0) is 25.1 Å². The molecule has 3 rings (SSSR count). The number of aryl methyl sites for hydroxylation is 1. The number of aromatic nitrogens is 3. The third-order valence-electron chi connectivity index (χ3n) is 2.66. The normalized spacial score (nSPS) is 10.9. The van der Waals surface area contributed by atoms with Crippen LogP contribution in [0.4, 0.5) is 4.39 Å². The van der Waals surface area contributed by atoms with E-state index in [0.717, 1.165) is 11.2 Å². The van der Waals surface area contributed by atoms with E-state index >= 15 is 0 Å². The van der Waals surface area contributed by atoms with Crippen molar-refractivity contribution in [3.05, 3.63) is 47.3 Å². The fourth-order valence-electron chi connectivity index (χ4n) is 1.85. The van der Waals surface area contributed by atoms with E-state index in [0.29, 0.717) is 5.39 Å². The van der Waals surface area contributed by atoms with Gasteiger partial charge in [0.25, 0.3) is 0 Å². The van der Waals surface area contributed by atoms with Gasteiger partial charge in [0.2, 0.25) is 5.88 Å². The van der Waals surface area contributed by atoms with Crippen molar-refractivity contribution in [2.24, 2.45) is 0 Å². The predicted octanol–water partition coefficient (Wildman–Crippen LogP) is 3.85. The van der Waals surface area contributed by atoms with Crippen LogP contribution < -0.4 is 4.74 Å². The van der Waals surface area contributed by atoms with E-state index < -0.39 is 5.82 Å². The van der Waals surface area contributed by atoms with Crippen LogP contribution in [0.3, 0.4) is 0 Å². The van der Waals surface area contributed by atoms with E-state index in [1.54, 1.807) is 18.2 Å². The van der Waals surface area contributed by atoms with Crippen LogP contribution in [0, 0.1) is 12.7 Å². The average molecular weight is 278 g/mol. The summed E-state index contributed by atoms with van der Waals surface area (Å²) in [5, 5.41) is 0.721. The Morgan fingerprint density at radius 1 is 1.26 bits per heavy atom. The van der Waals surface area contributed by atoms with Crippen LogP contribution in [0.15, 0.2) is 30.6 Å². The van der Waals surface area contributed by atoms with Crippen LogP contribution in [0.1, 0.15) is 5.69 Å². The SMILES string of the molecule is Cc1cc2c(F)c(Oc3cc(Cl)ncn3)ccc2[nH]1. The zero-order valence-corrected chi connectivity index (χ0v) is 10.7. The number of halogens is 2. The van der Waals surface area contributed by atoms with Gasteiger partial charge in [-0.1, -0.05) is 11.6 Å². The first-order valence-corrected chi connectivity index (χ1v) is 5.94. The molecule has 2 aromatic heterocycles. The lowest BCUT2D eigenvalue weighted by atomic mass is 10.2. The van der Waals surface area contributed by atoms with Crippen LogP contribution in [-0.4, -0.2) is 15.0 Å². The molecule has 1 aromatic carbocycles. The summed E-state index contributed by atoms with van der Waals surface area (Å²) in [5.41, 5.74) is 1.61. The Hall–Kier alpha value is -2.14. The molecule has 0 bridgehead atoms. The third kappa shape index (κ3) is 2.24. The molecule has 0 saturated carbocycles. The number of hydrogen-bond donors (Lipinski definition) is 1. The molecule has 19 heavy (non-hydrogen) atoms. The largest absolute Gasteiger partial charge is 0.436 e. The van der Waals surface area contributed by atoms with Gasteiger partial charge in [-0.25, -0.2) is 14.4 Å². The van der Waals surface area contributed by atoms with Gasteiger partial charge in [-0.2, -0.15) is 0 Å². The van der Waals surface area contributed by atoms with E-state index in [1.165, 1.54) is 12.4 Å². The second-order valence-corrected chi connectivity index (χ2v) is 4.46. The fraction of sp³-hybridized carbons (Fsp3) is 0.0769. The van der Waals surface area contributed by atoms with E-state index in [-0.39, 0.29) is 16.8 Å². The van der Waals surface area contributed by atoms with Gasteiger partial charge < -0.3 is 9.72 Å². The van der Waals surface area contributed by atoms with E-state index in [4.69, 9.17) is 16.3 Å². The number of benzene rings is 1. The molecule has 0 atom stereocenters. The summed E-state index contributed by atoms with van der Waals surface area (Å²) >= 11 is 5.72. The third-order valence-corrected chi connectivity index (χ3v) is 2.87. The van der Waals surface area contributed by atoms with Crippen molar-refractivity contribution in [2.45, 2.75) is 6.92 Å². The number of rotatable bonds is 2. The number of fused-ring (bicyclic) bond motifs is 1. The molecule has 1 N–H and O–H groups in total. The lowest BCUT2D eigenvalue weighted by Gasteiger charge is -2.06. The Kier molecular flexibility index (Phi) is 2.83. The first kappa shape index (κ1) is 11.9. The Balaban J connectivity index is 2.03. The number of H-pyrrole nitrogens is 1. The highest BCUT2D eigenvalue weighted by Gasteiger charge is 2.12. The van der Waals surface area contributed by atoms with Crippen LogP contribution >= 0.6 is 11.6 Å². The molecule has 0 saturated heterocycles. The van der Waals surface area contributed by atoms with E-state index in [9.17, 15) is 4.39 Å². The quantitative estimate of drug-likeness (QED) is 0.724. The first-order chi connectivity index (χ1) is 9.13. The monoisotopic (exact) mass is 277 g/mol. The summed E-state index contributed by atoms with van der Waals surface area (Å²) in [6, 6.07) is 6.45. The van der Waals surface area contributed by atoms with Crippen LogP contribution in [0.25, 0.3) is 10.9 Å². The van der Waals surface area contributed by atoms with Crippen molar-refractivity contribution in [1.82, 2.24) is 15.0 Å². The minimum Gasteiger partial charge on any atom is -0.436 e. The van der Waals surface area contributed by atoms with Gasteiger partial charge in [0.05, 0.1) is 0 Å². The Morgan fingerprint density at radius 3 is 2.89 bits per heavy atom. The molecule has 0 radical (unpaired) electrons. The van der Waals surface area contributed by atoms with Gasteiger partial charge in [-0.3, -0.25) is 0 Å². The molecular formula is C13H9ClFN3O. The fourth-order valence-corrected chi connectivity index (χ4v) is 1.99. The van der Waals surface area contributed by atoms with Gasteiger partial charge in [0.15, 0.2) is 11.6 Å². The van der Waals surface area contributed by atoms with Crippen LogP contribution in [0.5, 0.6) is 11.6 Å². The molecule has 6 heteroatoms. The minimum absolute atomic E-state index is 0.0984. The lowest BCUT2D eigenvalue weighted by Crippen LogP contribution is -1.92. The Morgan fingerprint density at radius 2 is 2.11 bits per heavy atom. The highest BCUT2D eigenvalue weighted by atomic mass is 35.5. The second kappa shape index (κ2) is 4.51. The minimum atomic E-state index is -0.434. The molecule has 0 spiro atoms. The highest BCUT2D eigenvalue weighted by molar-refractivity contribution is 6.29. The molecule has 3 aromatic rings. The number of nitrogens with one attached hydrogen (secondary N) is 1. The molecule has 0 fully saturated rings. The molecular weight excluding hydrogens is 269 g/mol. The predicted molar refractivity (Wildman–Crippen MR) is 70.1 cm³/mol. The maximum atomic E-state index is 14.2. The summed E-state index contributed by atoms with van der Waals surface area (Å²) in [6.45, 7) is 1.87. The number of ether oxygens (including phenoxy) is 1. The average Bonchev–Trinajstić information content (AvgIpc) is 2.75. The van der Waals surface area contributed by atoms with Gasteiger partial charge in [0.1, 0.15) is 11.5 Å². The molecule has 0 amide bonds. The molecule has 0 aliphatic rings. The van der Waals surface area contributed by atoms with Gasteiger partial charge in [0, 0.05) is 22.7 Å². The number of aromatic amines is 1. The van der Waals surface area contributed by atoms with Crippen molar-refractivity contribution < 1.29 is 9.13 Å². The zero-order chi connectivity index (χ0) is 13.4. The Labute approximate surface area is 113 Å². The molecule has 2 heterocycles. The van der Waals surface area contributed by atoms with Crippen molar-refractivity contribution in [2.75, 3.05) is 0 Å². The standard InChI is InChI=1S/C13H9ClFN3O/c1-7-4-8-9(18-7)2-3-10(13(8)15)19-12-5-11(14)16-6-17-12/h2-6,18H,1H3. The number of hydrogen-bond acceptors (Lipinski definition) is 3. The van der Waals surface area contributed by atoms with Crippen molar-refractivity contribution in [3.8, 4) is 11.6 Å². The van der Waals surface area contributed by atoms with E-state index in [1.807, 2.05) is 6.92 Å². The summed E-state index contributed by atoms with van der Waals surface area (Å²) in [5.74, 6) is -0.136. The molecule has 4 nitrogen and oxygen atoms in total. The number of nitrogens with zero attached hydrogens (tertiary/aromatic N) is 2. The summed E-state index contributed by atoms with van der Waals surface area (Å²) in [7, 11) is 0. The van der Waals surface area contributed by atoms with Crippen molar-refractivity contribution >= 4 is 22.5 Å². The maximum absolute atomic E-state index is 14.2. The van der Waals surface area contributed by atoms with Gasteiger partial charge in [-0.15, -0.1) is 0 Å². The molecule has 0 unspecified atom stereocenters. The highest BCUT2D eigenvalue weighted by Crippen LogP contribution is 2.30. The van der Waals surface area contributed by atoms with Crippen LogP contribution in [-0.2, 0) is 0 Å². The summed E-state index contributed by atoms with van der Waals surface area (Å²) in [4.78, 5) is 10.7. The summed E-state index contributed by atoms with van der Waals surface area (Å²) in [6.07, 6.45) is 1.26. The Bertz CT molecular complexity index is 757. The second-order valence-electron chi connectivity index (χ2n) is 4.07. The lowest BCUT2D eigenvalue weighted by molar-refractivity contribution is 0.429. The van der Waals surface area contributed by atoms with E-state index in [2.05, 4.69) is 15.0 Å². The van der Waals surface area contributed by atoms with Gasteiger partial charge >= 0.3 is 0 Å².